The van der Waals surface area contributed by atoms with Crippen molar-refractivity contribution < 1.29 is 19.8 Å². The van der Waals surface area contributed by atoms with Gasteiger partial charge in [-0.3, -0.25) is 4.90 Å². The summed E-state index contributed by atoms with van der Waals surface area (Å²) in [5, 5.41) is 22.0. The Hall–Kier alpha value is -3.49. The first kappa shape index (κ1) is 20.4. The van der Waals surface area contributed by atoms with Crippen LogP contribution >= 0.6 is 0 Å². The first-order chi connectivity index (χ1) is 15.6. The second-order valence-corrected chi connectivity index (χ2v) is 8.14. The molecule has 1 aliphatic heterocycles. The van der Waals surface area contributed by atoms with Crippen LogP contribution in [0.5, 0.6) is 0 Å². The molecule has 1 atom stereocenters. The second kappa shape index (κ2) is 8.57. The number of nitrogens with one attached hydrogen (secondary N) is 1. The molecule has 1 fully saturated rings. The number of aromatic amines is 1. The van der Waals surface area contributed by atoms with Gasteiger partial charge in [0.25, 0.3) is 0 Å². The lowest BCUT2D eigenvalue weighted by Gasteiger charge is -2.37. The molecule has 3 N–H and O–H groups in total. The number of fused-ring (bicyclic) bond motifs is 2. The monoisotopic (exact) mass is 434 g/mol. The van der Waals surface area contributed by atoms with E-state index in [1.165, 1.54) is 15.8 Å². The summed E-state index contributed by atoms with van der Waals surface area (Å²) in [5.41, 5.74) is 3.08. The maximum atomic E-state index is 11.6. The lowest BCUT2D eigenvalue weighted by molar-refractivity contribution is 0.00831. The van der Waals surface area contributed by atoms with Crippen LogP contribution in [-0.2, 0) is 0 Å². The number of carboxylic acid groups (broad SMARTS) is 1. The Morgan fingerprint density at radius 3 is 2.69 bits per heavy atom. The van der Waals surface area contributed by atoms with E-state index in [0.29, 0.717) is 12.1 Å². The summed E-state index contributed by atoms with van der Waals surface area (Å²) in [6.07, 6.45) is 1.24. The first-order valence-electron chi connectivity index (χ1n) is 10.8. The molecule has 166 valence electrons. The molecule has 1 unspecified atom stereocenters. The van der Waals surface area contributed by atoms with Gasteiger partial charge in [-0.25, -0.2) is 4.79 Å². The Morgan fingerprint density at radius 2 is 1.88 bits per heavy atom. The van der Waals surface area contributed by atoms with Gasteiger partial charge < -0.3 is 24.9 Å². The predicted octanol–water partition coefficient (Wildman–Crippen LogP) is 2.43. The summed E-state index contributed by atoms with van der Waals surface area (Å²) in [5.74, 6) is -1.07. The molecular formula is C24H26N4O4. The number of carboxylic acids is 1. The van der Waals surface area contributed by atoms with Gasteiger partial charge in [-0.05, 0) is 30.3 Å². The second-order valence-electron chi connectivity index (χ2n) is 8.14. The molecule has 8 heteroatoms. The largest absolute Gasteiger partial charge is 0.476 e. The summed E-state index contributed by atoms with van der Waals surface area (Å²) < 4.78 is 1.30. The van der Waals surface area contributed by atoms with Crippen LogP contribution < -0.4 is 9.74 Å². The van der Waals surface area contributed by atoms with Crippen LogP contribution in [0.25, 0.3) is 21.8 Å². The van der Waals surface area contributed by atoms with Gasteiger partial charge in [-0.1, -0.05) is 24.3 Å². The molecule has 2 aromatic heterocycles. The predicted molar refractivity (Wildman–Crippen MR) is 123 cm³/mol. The fraction of sp³-hybridized carbons (Fsp3) is 0.292. The molecule has 0 saturated carbocycles. The number of rotatable bonds is 7. The molecule has 3 heterocycles. The van der Waals surface area contributed by atoms with E-state index < -0.39 is 12.1 Å². The number of carbonyl (C=O) groups is 1. The standard InChI is InChI=1S/C24H26N4O4/c29-18(16-32-28-21-6-2-1-4-17(21)14-23(28)24(30)31)15-26-10-12-27(13-11-26)22-7-3-5-20-19(22)8-9-25-20/h1-9,14,18,25,29H,10-13,15-16H2,(H,30,31). The van der Waals surface area contributed by atoms with Crippen molar-refractivity contribution in [2.45, 2.75) is 6.10 Å². The molecule has 0 radical (unpaired) electrons. The SMILES string of the molecule is O=C(O)c1cc2ccccc2n1OCC(O)CN1CCN(c2cccc3[nH]ccc23)CC1. The summed E-state index contributed by atoms with van der Waals surface area (Å²) >= 11 is 0. The lowest BCUT2D eigenvalue weighted by Crippen LogP contribution is -2.49. The number of hydrogen-bond acceptors (Lipinski definition) is 5. The van der Waals surface area contributed by atoms with E-state index in [1.54, 1.807) is 12.1 Å². The van der Waals surface area contributed by atoms with Gasteiger partial charge in [0, 0.05) is 60.9 Å². The number of anilines is 1. The number of aromatic nitrogens is 2. The topological polar surface area (TPSA) is 94.0 Å². The number of piperazine rings is 1. The van der Waals surface area contributed by atoms with Gasteiger partial charge in [0.15, 0.2) is 5.69 Å². The zero-order valence-electron chi connectivity index (χ0n) is 17.6. The fourth-order valence-electron chi connectivity index (χ4n) is 4.45. The number of para-hydroxylation sites is 1. The van der Waals surface area contributed by atoms with Crippen molar-refractivity contribution in [2.75, 3.05) is 44.2 Å². The number of aliphatic hydroxyl groups is 1. The van der Waals surface area contributed by atoms with Gasteiger partial charge >= 0.3 is 5.97 Å². The number of hydrogen-bond donors (Lipinski definition) is 3. The molecule has 32 heavy (non-hydrogen) atoms. The summed E-state index contributed by atoms with van der Waals surface area (Å²) in [6, 6.07) is 17.3. The highest BCUT2D eigenvalue weighted by Gasteiger charge is 2.22. The molecule has 1 aliphatic rings. The Kier molecular flexibility index (Phi) is 5.46. The van der Waals surface area contributed by atoms with E-state index >= 15 is 0 Å². The van der Waals surface area contributed by atoms with Crippen molar-refractivity contribution in [2.24, 2.45) is 0 Å². The maximum absolute atomic E-state index is 11.6. The molecule has 5 rings (SSSR count). The summed E-state index contributed by atoms with van der Waals surface area (Å²) in [4.78, 5) is 25.2. The molecule has 0 amide bonds. The normalized spacial score (nSPS) is 16.0. The third-order valence-electron chi connectivity index (χ3n) is 6.04. The number of aromatic carboxylic acids is 1. The van der Waals surface area contributed by atoms with Gasteiger partial charge in [0.1, 0.15) is 12.7 Å². The van der Waals surface area contributed by atoms with E-state index in [1.807, 2.05) is 24.4 Å². The molecule has 0 bridgehead atoms. The molecule has 1 saturated heterocycles. The van der Waals surface area contributed by atoms with Crippen LogP contribution in [-0.4, -0.2) is 76.2 Å². The highest BCUT2D eigenvalue weighted by molar-refractivity contribution is 5.94. The van der Waals surface area contributed by atoms with Crippen molar-refractivity contribution in [3.8, 4) is 0 Å². The van der Waals surface area contributed by atoms with Crippen LogP contribution in [0.2, 0.25) is 0 Å². The van der Waals surface area contributed by atoms with E-state index in [2.05, 4.69) is 39.0 Å². The number of β-amino-alcohol motifs (C(OH)–C–C–N with tert-alkyl or cyclic N) is 1. The number of benzene rings is 2. The summed E-state index contributed by atoms with van der Waals surface area (Å²) in [6.45, 7) is 3.92. The smallest absolute Gasteiger partial charge is 0.356 e. The molecule has 4 aromatic rings. The molecule has 0 spiro atoms. The average molecular weight is 434 g/mol. The lowest BCUT2D eigenvalue weighted by atomic mass is 10.1. The maximum Gasteiger partial charge on any atom is 0.356 e. The minimum atomic E-state index is -1.07. The van der Waals surface area contributed by atoms with E-state index in [4.69, 9.17) is 4.84 Å². The van der Waals surface area contributed by atoms with E-state index in [9.17, 15) is 15.0 Å². The summed E-state index contributed by atoms with van der Waals surface area (Å²) in [7, 11) is 0. The van der Waals surface area contributed by atoms with Gasteiger partial charge in [0.2, 0.25) is 0 Å². The third kappa shape index (κ3) is 3.90. The highest BCUT2D eigenvalue weighted by Crippen LogP contribution is 2.27. The molecule has 2 aromatic carbocycles. The zero-order chi connectivity index (χ0) is 22.1. The fourth-order valence-corrected chi connectivity index (χ4v) is 4.45. The third-order valence-corrected chi connectivity index (χ3v) is 6.04. The number of nitrogens with zero attached hydrogens (tertiary/aromatic N) is 3. The van der Waals surface area contributed by atoms with Gasteiger partial charge in [0.05, 0.1) is 5.52 Å². The van der Waals surface area contributed by atoms with Crippen LogP contribution in [0.15, 0.2) is 60.8 Å². The van der Waals surface area contributed by atoms with E-state index in [0.717, 1.165) is 37.1 Å². The van der Waals surface area contributed by atoms with Crippen LogP contribution in [0.4, 0.5) is 5.69 Å². The molecule has 8 nitrogen and oxygen atoms in total. The molecule has 0 aliphatic carbocycles. The van der Waals surface area contributed by atoms with Crippen molar-refractivity contribution in [1.29, 1.82) is 0 Å². The van der Waals surface area contributed by atoms with Gasteiger partial charge in [-0.15, -0.1) is 0 Å². The minimum Gasteiger partial charge on any atom is -0.476 e. The number of aliphatic hydroxyl groups excluding tert-OH is 1. The van der Waals surface area contributed by atoms with Gasteiger partial charge in [-0.2, -0.15) is 4.73 Å². The van der Waals surface area contributed by atoms with Crippen LogP contribution in [0.1, 0.15) is 10.5 Å². The molecular weight excluding hydrogens is 408 g/mol. The van der Waals surface area contributed by atoms with Crippen molar-refractivity contribution in [3.63, 3.8) is 0 Å². The van der Waals surface area contributed by atoms with Crippen molar-refractivity contribution in [3.05, 3.63) is 66.5 Å². The van der Waals surface area contributed by atoms with Crippen molar-refractivity contribution in [1.82, 2.24) is 14.6 Å². The Bertz CT molecular complexity index is 1240. The Labute approximate surface area is 185 Å². The Balaban J connectivity index is 1.18. The van der Waals surface area contributed by atoms with Crippen LogP contribution in [0, 0.1) is 0 Å². The highest BCUT2D eigenvalue weighted by atomic mass is 16.7. The van der Waals surface area contributed by atoms with Crippen LogP contribution in [0.3, 0.4) is 0 Å². The Morgan fingerprint density at radius 1 is 1.06 bits per heavy atom. The quantitative estimate of drug-likeness (QED) is 0.414. The minimum absolute atomic E-state index is 0.0157. The van der Waals surface area contributed by atoms with Crippen molar-refractivity contribution >= 4 is 33.5 Å². The average Bonchev–Trinajstić information content (AvgIpc) is 3.43. The van der Waals surface area contributed by atoms with E-state index in [-0.39, 0.29) is 12.3 Å². The number of H-pyrrole nitrogens is 1. The first-order valence-corrected chi connectivity index (χ1v) is 10.8. The zero-order valence-corrected chi connectivity index (χ0v) is 17.6.